The van der Waals surface area contributed by atoms with Crippen LogP contribution in [0, 0.1) is 0 Å². The number of nitrogens with one attached hydrogen (secondary N) is 2. The van der Waals surface area contributed by atoms with Crippen LogP contribution in [0.1, 0.15) is 17.4 Å². The third-order valence-corrected chi connectivity index (χ3v) is 5.97. The molecule has 0 fully saturated rings. The molecule has 0 unspecified atom stereocenters. The van der Waals surface area contributed by atoms with E-state index in [1.807, 2.05) is 38.2 Å². The molecule has 2 N–H and O–H groups in total. The Bertz CT molecular complexity index is 678. The van der Waals surface area contributed by atoms with E-state index in [2.05, 4.69) is 10.0 Å². The maximum absolute atomic E-state index is 12.4. The number of thiophene rings is 1. The fourth-order valence-corrected chi connectivity index (χ4v) is 4.25. The molecule has 0 bridgehead atoms. The minimum absolute atomic E-state index is 0.355. The Morgan fingerprint density at radius 3 is 2.55 bits per heavy atom. The maximum atomic E-state index is 12.4. The smallest absolute Gasteiger partial charge is 0.271 e. The molecule has 0 aliphatic carbocycles. The van der Waals surface area contributed by atoms with Crippen molar-refractivity contribution in [1.29, 1.82) is 0 Å². The summed E-state index contributed by atoms with van der Waals surface area (Å²) in [5.74, 6) is 0. The standard InChI is InChI=1S/C14H18N2O2S2/c1-3-12-8-9-14(19-12)20(17,18)16-13-7-5-4-6-11(13)10-15-2/h4-9,15-16H,3,10H2,1-2H3. The number of rotatable bonds is 6. The Kier molecular flexibility index (Phi) is 4.80. The van der Waals surface area contributed by atoms with E-state index in [1.54, 1.807) is 12.1 Å². The summed E-state index contributed by atoms with van der Waals surface area (Å²) >= 11 is 1.31. The van der Waals surface area contributed by atoms with Crippen molar-refractivity contribution in [3.05, 3.63) is 46.8 Å². The first-order valence-electron chi connectivity index (χ1n) is 6.41. The molecule has 0 atom stereocenters. The molecule has 1 aromatic carbocycles. The maximum Gasteiger partial charge on any atom is 0.271 e. The van der Waals surface area contributed by atoms with Crippen molar-refractivity contribution in [2.24, 2.45) is 0 Å². The van der Waals surface area contributed by atoms with Crippen LogP contribution in [0.2, 0.25) is 0 Å². The fourth-order valence-electron chi connectivity index (χ4n) is 1.85. The van der Waals surface area contributed by atoms with E-state index in [0.717, 1.165) is 16.9 Å². The lowest BCUT2D eigenvalue weighted by atomic mass is 10.2. The number of benzene rings is 1. The average molecular weight is 310 g/mol. The van der Waals surface area contributed by atoms with Crippen LogP contribution in [0.5, 0.6) is 0 Å². The van der Waals surface area contributed by atoms with Gasteiger partial charge in [-0.3, -0.25) is 4.72 Å². The summed E-state index contributed by atoms with van der Waals surface area (Å²) in [6, 6.07) is 10.9. The fraction of sp³-hybridized carbons (Fsp3) is 0.286. The first kappa shape index (κ1) is 15.0. The molecule has 4 nitrogen and oxygen atoms in total. The third kappa shape index (κ3) is 3.39. The van der Waals surface area contributed by atoms with Gasteiger partial charge in [-0.15, -0.1) is 11.3 Å². The summed E-state index contributed by atoms with van der Waals surface area (Å²) in [7, 11) is -1.67. The molecular weight excluding hydrogens is 292 g/mol. The number of anilines is 1. The highest BCUT2D eigenvalue weighted by Crippen LogP contribution is 2.25. The number of sulfonamides is 1. The molecule has 2 aromatic rings. The summed E-state index contributed by atoms with van der Waals surface area (Å²) in [5.41, 5.74) is 1.54. The second-order valence-electron chi connectivity index (χ2n) is 4.37. The average Bonchev–Trinajstić information content (AvgIpc) is 2.91. The highest BCUT2D eigenvalue weighted by atomic mass is 32.2. The number of aryl methyl sites for hydroxylation is 1. The summed E-state index contributed by atoms with van der Waals surface area (Å²) in [6.07, 6.45) is 0.844. The van der Waals surface area contributed by atoms with Gasteiger partial charge in [0.2, 0.25) is 0 Å². The SMILES string of the molecule is CCc1ccc(S(=O)(=O)Nc2ccccc2CNC)s1. The molecule has 2 rings (SSSR count). The molecule has 20 heavy (non-hydrogen) atoms. The Balaban J connectivity index is 2.28. The van der Waals surface area contributed by atoms with Gasteiger partial charge >= 0.3 is 0 Å². The zero-order valence-corrected chi connectivity index (χ0v) is 13.1. The summed E-state index contributed by atoms with van der Waals surface area (Å²) < 4.78 is 27.8. The van der Waals surface area contributed by atoms with Gasteiger partial charge in [0.05, 0.1) is 5.69 Å². The molecule has 1 aromatic heterocycles. The van der Waals surface area contributed by atoms with Crippen LogP contribution in [-0.4, -0.2) is 15.5 Å². The molecular formula is C14H18N2O2S2. The van der Waals surface area contributed by atoms with Crippen LogP contribution in [0.25, 0.3) is 0 Å². The molecule has 0 saturated heterocycles. The molecule has 0 aliphatic rings. The van der Waals surface area contributed by atoms with Crippen molar-refractivity contribution < 1.29 is 8.42 Å². The molecule has 6 heteroatoms. The van der Waals surface area contributed by atoms with Gasteiger partial charge in [0, 0.05) is 11.4 Å². The molecule has 0 radical (unpaired) electrons. The van der Waals surface area contributed by atoms with E-state index in [0.29, 0.717) is 16.4 Å². The van der Waals surface area contributed by atoms with Gasteiger partial charge in [-0.1, -0.05) is 25.1 Å². The van der Waals surface area contributed by atoms with Crippen molar-refractivity contribution in [2.75, 3.05) is 11.8 Å². The van der Waals surface area contributed by atoms with Crippen LogP contribution in [0.4, 0.5) is 5.69 Å². The lowest BCUT2D eigenvalue weighted by Crippen LogP contribution is -2.15. The minimum Gasteiger partial charge on any atom is -0.316 e. The van der Waals surface area contributed by atoms with E-state index in [-0.39, 0.29) is 0 Å². The second kappa shape index (κ2) is 6.39. The Labute approximate surface area is 123 Å². The summed E-state index contributed by atoms with van der Waals surface area (Å²) in [4.78, 5) is 1.06. The largest absolute Gasteiger partial charge is 0.316 e. The predicted molar refractivity (Wildman–Crippen MR) is 83.7 cm³/mol. The van der Waals surface area contributed by atoms with Crippen molar-refractivity contribution in [3.8, 4) is 0 Å². The van der Waals surface area contributed by atoms with Crippen LogP contribution in [-0.2, 0) is 23.0 Å². The lowest BCUT2D eigenvalue weighted by Gasteiger charge is -2.11. The molecule has 108 valence electrons. The van der Waals surface area contributed by atoms with E-state index >= 15 is 0 Å². The van der Waals surface area contributed by atoms with Gasteiger partial charge in [0.1, 0.15) is 4.21 Å². The van der Waals surface area contributed by atoms with Gasteiger partial charge in [-0.2, -0.15) is 0 Å². The molecule has 0 amide bonds. The van der Waals surface area contributed by atoms with E-state index < -0.39 is 10.0 Å². The van der Waals surface area contributed by atoms with Crippen LogP contribution < -0.4 is 10.0 Å². The van der Waals surface area contributed by atoms with E-state index in [4.69, 9.17) is 0 Å². The molecule has 0 aliphatic heterocycles. The highest BCUT2D eigenvalue weighted by Gasteiger charge is 2.17. The highest BCUT2D eigenvalue weighted by molar-refractivity contribution is 7.94. The normalized spacial score (nSPS) is 11.5. The third-order valence-electron chi connectivity index (χ3n) is 2.88. The zero-order chi connectivity index (χ0) is 14.6. The number of hydrogen-bond acceptors (Lipinski definition) is 4. The van der Waals surface area contributed by atoms with Crippen molar-refractivity contribution in [1.82, 2.24) is 5.32 Å². The number of hydrogen-bond donors (Lipinski definition) is 2. The predicted octanol–water partition coefficient (Wildman–Crippen LogP) is 2.83. The van der Waals surface area contributed by atoms with Crippen molar-refractivity contribution >= 4 is 27.0 Å². The lowest BCUT2D eigenvalue weighted by molar-refractivity contribution is 0.603. The molecule has 0 spiro atoms. The van der Waals surface area contributed by atoms with Gasteiger partial charge in [0.15, 0.2) is 0 Å². The van der Waals surface area contributed by atoms with Gasteiger partial charge in [-0.05, 0) is 37.2 Å². The van der Waals surface area contributed by atoms with Crippen LogP contribution >= 0.6 is 11.3 Å². The molecule has 0 saturated carbocycles. The second-order valence-corrected chi connectivity index (χ2v) is 7.44. The summed E-state index contributed by atoms with van der Waals surface area (Å²) in [5, 5.41) is 3.03. The Morgan fingerprint density at radius 1 is 1.15 bits per heavy atom. The van der Waals surface area contributed by atoms with E-state index in [9.17, 15) is 8.42 Å². The first-order valence-corrected chi connectivity index (χ1v) is 8.71. The monoisotopic (exact) mass is 310 g/mol. The topological polar surface area (TPSA) is 58.2 Å². The Hall–Kier alpha value is -1.37. The van der Waals surface area contributed by atoms with Crippen LogP contribution in [0.3, 0.4) is 0 Å². The number of para-hydroxylation sites is 1. The van der Waals surface area contributed by atoms with Gasteiger partial charge < -0.3 is 5.32 Å². The molecule has 1 heterocycles. The van der Waals surface area contributed by atoms with Crippen molar-refractivity contribution in [2.45, 2.75) is 24.1 Å². The van der Waals surface area contributed by atoms with Crippen molar-refractivity contribution in [3.63, 3.8) is 0 Å². The summed E-state index contributed by atoms with van der Waals surface area (Å²) in [6.45, 7) is 2.63. The Morgan fingerprint density at radius 2 is 1.90 bits per heavy atom. The van der Waals surface area contributed by atoms with Gasteiger partial charge in [-0.25, -0.2) is 8.42 Å². The zero-order valence-electron chi connectivity index (χ0n) is 11.5. The van der Waals surface area contributed by atoms with Crippen LogP contribution in [0.15, 0.2) is 40.6 Å². The van der Waals surface area contributed by atoms with E-state index in [1.165, 1.54) is 11.3 Å². The first-order chi connectivity index (χ1) is 9.56. The van der Waals surface area contributed by atoms with Gasteiger partial charge in [0.25, 0.3) is 10.0 Å². The minimum atomic E-state index is -3.50. The quantitative estimate of drug-likeness (QED) is 0.862.